The molecule has 26 heavy (non-hydrogen) atoms. The number of hydrogen-bond donors (Lipinski definition) is 1. The second kappa shape index (κ2) is 7.48. The molecule has 5 heteroatoms. The molecule has 2 aliphatic heterocycles. The van der Waals surface area contributed by atoms with Gasteiger partial charge in [-0.3, -0.25) is 9.69 Å². The maximum Gasteiger partial charge on any atom is 0.255 e. The zero-order valence-corrected chi connectivity index (χ0v) is 15.2. The van der Waals surface area contributed by atoms with E-state index in [1.807, 2.05) is 36.4 Å². The molecule has 0 bridgehead atoms. The summed E-state index contributed by atoms with van der Waals surface area (Å²) in [5, 5.41) is 3.10. The number of benzene rings is 2. The van der Waals surface area contributed by atoms with E-state index in [0.29, 0.717) is 5.56 Å². The maximum absolute atomic E-state index is 12.7. The second-order valence-corrected chi connectivity index (χ2v) is 6.85. The molecule has 5 nitrogen and oxygen atoms in total. The minimum absolute atomic E-state index is 0.0538. The zero-order chi connectivity index (χ0) is 17.9. The normalized spacial score (nSPS) is 17.2. The minimum atomic E-state index is -0.0538. The van der Waals surface area contributed by atoms with Gasteiger partial charge in [0.1, 0.15) is 0 Å². The third-order valence-corrected chi connectivity index (χ3v) is 5.25. The van der Waals surface area contributed by atoms with Crippen LogP contribution in [-0.4, -0.2) is 43.7 Å². The number of carbonyl (C=O) groups excluding carboxylic acids is 1. The molecule has 1 saturated heterocycles. The van der Waals surface area contributed by atoms with Crippen molar-refractivity contribution in [1.82, 2.24) is 4.90 Å². The lowest BCUT2D eigenvalue weighted by atomic mass is 10.1. The summed E-state index contributed by atoms with van der Waals surface area (Å²) in [7, 11) is 0. The number of amides is 1. The fourth-order valence-electron chi connectivity index (χ4n) is 3.67. The molecule has 0 saturated carbocycles. The summed E-state index contributed by atoms with van der Waals surface area (Å²) < 4.78 is 5.39. The Morgan fingerprint density at radius 3 is 2.58 bits per heavy atom. The fourth-order valence-corrected chi connectivity index (χ4v) is 3.67. The lowest BCUT2D eigenvalue weighted by Crippen LogP contribution is -2.36. The summed E-state index contributed by atoms with van der Waals surface area (Å²) in [6, 6.07) is 14.0. The predicted molar refractivity (Wildman–Crippen MR) is 104 cm³/mol. The molecule has 2 heterocycles. The fraction of sp³-hybridized carbons (Fsp3) is 0.381. The van der Waals surface area contributed by atoms with Crippen molar-refractivity contribution in [3.8, 4) is 0 Å². The molecule has 0 aliphatic carbocycles. The lowest BCUT2D eigenvalue weighted by molar-refractivity contribution is 0.102. The first-order valence-corrected chi connectivity index (χ1v) is 9.32. The smallest absolute Gasteiger partial charge is 0.255 e. The summed E-state index contributed by atoms with van der Waals surface area (Å²) in [5.74, 6) is -0.0538. The number of ether oxygens (including phenoxy) is 1. The van der Waals surface area contributed by atoms with Crippen LogP contribution in [0.25, 0.3) is 0 Å². The quantitative estimate of drug-likeness (QED) is 0.919. The minimum Gasteiger partial charge on any atom is -0.378 e. The van der Waals surface area contributed by atoms with Gasteiger partial charge in [-0.25, -0.2) is 0 Å². The Kier molecular flexibility index (Phi) is 4.91. The number of morpholine rings is 1. The van der Waals surface area contributed by atoms with Gasteiger partial charge >= 0.3 is 0 Å². The van der Waals surface area contributed by atoms with E-state index < -0.39 is 0 Å². The van der Waals surface area contributed by atoms with Crippen LogP contribution >= 0.6 is 0 Å². The Morgan fingerprint density at radius 1 is 1.08 bits per heavy atom. The lowest BCUT2D eigenvalue weighted by Gasteiger charge is -2.28. The molecule has 0 atom stereocenters. The average molecular weight is 351 g/mol. The van der Waals surface area contributed by atoms with E-state index in [4.69, 9.17) is 4.74 Å². The number of nitrogens with one attached hydrogen (secondary N) is 1. The molecule has 4 rings (SSSR count). The van der Waals surface area contributed by atoms with Crippen LogP contribution in [-0.2, 0) is 17.8 Å². The highest BCUT2D eigenvalue weighted by atomic mass is 16.5. The maximum atomic E-state index is 12.7. The van der Waals surface area contributed by atoms with Crippen molar-refractivity contribution in [3.63, 3.8) is 0 Å². The van der Waals surface area contributed by atoms with Gasteiger partial charge in [0, 0.05) is 43.1 Å². The van der Waals surface area contributed by atoms with Crippen molar-refractivity contribution < 1.29 is 9.53 Å². The molecule has 2 aromatic rings. The van der Waals surface area contributed by atoms with Gasteiger partial charge in [0.2, 0.25) is 0 Å². The van der Waals surface area contributed by atoms with Crippen molar-refractivity contribution >= 4 is 17.3 Å². The van der Waals surface area contributed by atoms with Gasteiger partial charge in [-0.1, -0.05) is 19.1 Å². The van der Waals surface area contributed by atoms with Crippen LogP contribution in [0.1, 0.15) is 28.4 Å². The van der Waals surface area contributed by atoms with E-state index >= 15 is 0 Å². The van der Waals surface area contributed by atoms with Crippen LogP contribution in [0.5, 0.6) is 0 Å². The average Bonchev–Trinajstić information content (AvgIpc) is 3.13. The van der Waals surface area contributed by atoms with Gasteiger partial charge in [-0.2, -0.15) is 0 Å². The van der Waals surface area contributed by atoms with Crippen LogP contribution in [0.4, 0.5) is 11.4 Å². The van der Waals surface area contributed by atoms with Crippen LogP contribution in [0.2, 0.25) is 0 Å². The highest BCUT2D eigenvalue weighted by molar-refractivity contribution is 6.05. The van der Waals surface area contributed by atoms with Gasteiger partial charge in [-0.05, 0) is 48.0 Å². The summed E-state index contributed by atoms with van der Waals surface area (Å²) in [6.45, 7) is 8.37. The van der Waals surface area contributed by atoms with Gasteiger partial charge in [-0.15, -0.1) is 0 Å². The standard InChI is InChI=1S/C21H25N3O2/c1-2-23-14-17-4-3-5-20(19(17)15-23)22-21(25)16-6-8-18(9-7-16)24-10-12-26-13-11-24/h3-9H,2,10-15H2,1H3,(H,22,25). The second-order valence-electron chi connectivity index (χ2n) is 6.85. The van der Waals surface area contributed by atoms with Gasteiger partial charge < -0.3 is 15.0 Å². The molecule has 0 aromatic heterocycles. The predicted octanol–water partition coefficient (Wildman–Crippen LogP) is 3.11. The molecule has 1 fully saturated rings. The molecule has 1 amide bonds. The first-order chi connectivity index (χ1) is 12.7. The molecule has 0 spiro atoms. The number of carbonyl (C=O) groups is 1. The number of fused-ring (bicyclic) bond motifs is 1. The third kappa shape index (κ3) is 3.45. The molecule has 2 aromatic carbocycles. The third-order valence-electron chi connectivity index (χ3n) is 5.25. The first-order valence-electron chi connectivity index (χ1n) is 9.32. The van der Waals surface area contributed by atoms with Crippen molar-refractivity contribution in [2.75, 3.05) is 43.1 Å². The molecule has 2 aliphatic rings. The Bertz CT molecular complexity index is 782. The van der Waals surface area contributed by atoms with Crippen LogP contribution in [0.15, 0.2) is 42.5 Å². The summed E-state index contributed by atoms with van der Waals surface area (Å²) in [5.41, 5.74) is 5.31. The van der Waals surface area contributed by atoms with E-state index in [9.17, 15) is 4.79 Å². The van der Waals surface area contributed by atoms with Gasteiger partial charge in [0.05, 0.1) is 13.2 Å². The van der Waals surface area contributed by atoms with Gasteiger partial charge in [0.25, 0.3) is 5.91 Å². The van der Waals surface area contributed by atoms with E-state index in [1.54, 1.807) is 0 Å². The van der Waals surface area contributed by atoms with Crippen LogP contribution in [0.3, 0.4) is 0 Å². The zero-order valence-electron chi connectivity index (χ0n) is 15.2. The molecule has 0 radical (unpaired) electrons. The topological polar surface area (TPSA) is 44.8 Å². The number of hydrogen-bond acceptors (Lipinski definition) is 4. The van der Waals surface area contributed by atoms with Gasteiger partial charge in [0.15, 0.2) is 0 Å². The molecular formula is C21H25N3O2. The first kappa shape index (κ1) is 17.1. The van der Waals surface area contributed by atoms with E-state index in [2.05, 4.69) is 28.1 Å². The van der Waals surface area contributed by atoms with Crippen molar-refractivity contribution in [3.05, 3.63) is 59.2 Å². The van der Waals surface area contributed by atoms with E-state index in [-0.39, 0.29) is 5.91 Å². The Hall–Kier alpha value is -2.37. The SMILES string of the molecule is CCN1Cc2cccc(NC(=O)c3ccc(N4CCOCC4)cc3)c2C1. The summed E-state index contributed by atoms with van der Waals surface area (Å²) in [4.78, 5) is 17.4. The molecule has 136 valence electrons. The highest BCUT2D eigenvalue weighted by Crippen LogP contribution is 2.29. The Labute approximate surface area is 154 Å². The molecule has 0 unspecified atom stereocenters. The molecule has 1 N–H and O–H groups in total. The Balaban J connectivity index is 1.47. The highest BCUT2D eigenvalue weighted by Gasteiger charge is 2.21. The Morgan fingerprint density at radius 2 is 1.85 bits per heavy atom. The monoisotopic (exact) mass is 351 g/mol. The largest absolute Gasteiger partial charge is 0.378 e. The summed E-state index contributed by atoms with van der Waals surface area (Å²) >= 11 is 0. The number of rotatable bonds is 4. The number of anilines is 2. The van der Waals surface area contributed by atoms with Crippen LogP contribution < -0.4 is 10.2 Å². The molecular weight excluding hydrogens is 326 g/mol. The van der Waals surface area contributed by atoms with Crippen LogP contribution in [0, 0.1) is 0 Å². The summed E-state index contributed by atoms with van der Waals surface area (Å²) in [6.07, 6.45) is 0. The van der Waals surface area contributed by atoms with Crippen molar-refractivity contribution in [2.45, 2.75) is 20.0 Å². The van der Waals surface area contributed by atoms with E-state index in [1.165, 1.54) is 11.1 Å². The van der Waals surface area contributed by atoms with Crippen molar-refractivity contribution in [2.24, 2.45) is 0 Å². The van der Waals surface area contributed by atoms with E-state index in [0.717, 1.165) is 57.3 Å². The number of nitrogens with zero attached hydrogens (tertiary/aromatic N) is 2. The van der Waals surface area contributed by atoms with Crippen molar-refractivity contribution in [1.29, 1.82) is 0 Å².